The van der Waals surface area contributed by atoms with Crippen LogP contribution < -0.4 is 16.0 Å². The number of hydrogen-bond acceptors (Lipinski definition) is 4. The first-order valence-corrected chi connectivity index (χ1v) is 7.23. The van der Waals surface area contributed by atoms with Crippen molar-refractivity contribution in [2.45, 2.75) is 33.7 Å². The highest BCUT2D eigenvalue weighted by Crippen LogP contribution is 2.04. The van der Waals surface area contributed by atoms with Crippen LogP contribution in [0.4, 0.5) is 5.82 Å². The van der Waals surface area contributed by atoms with Gasteiger partial charge in [0.25, 0.3) is 5.91 Å². The van der Waals surface area contributed by atoms with Gasteiger partial charge in [0.05, 0.1) is 0 Å². The molecule has 0 saturated heterocycles. The van der Waals surface area contributed by atoms with Crippen molar-refractivity contribution in [2.75, 3.05) is 18.4 Å². The molecule has 1 unspecified atom stereocenters. The van der Waals surface area contributed by atoms with Gasteiger partial charge in [0.15, 0.2) is 0 Å². The Morgan fingerprint density at radius 3 is 2.57 bits per heavy atom. The normalized spacial score (nSPS) is 11.9. The second kappa shape index (κ2) is 8.24. The molecular formula is C15H24N4O2. The van der Waals surface area contributed by atoms with Crippen molar-refractivity contribution in [1.82, 2.24) is 15.6 Å². The van der Waals surface area contributed by atoms with Crippen LogP contribution in [0, 0.1) is 5.92 Å². The summed E-state index contributed by atoms with van der Waals surface area (Å²) in [5.41, 5.74) is 0.289. The number of rotatable bonds is 7. The molecule has 0 radical (unpaired) electrons. The van der Waals surface area contributed by atoms with Gasteiger partial charge in [-0.2, -0.15) is 0 Å². The molecular weight excluding hydrogens is 268 g/mol. The molecule has 0 spiro atoms. The van der Waals surface area contributed by atoms with E-state index in [4.69, 9.17) is 0 Å². The maximum atomic E-state index is 12.1. The van der Waals surface area contributed by atoms with Crippen LogP contribution in [0.25, 0.3) is 0 Å². The van der Waals surface area contributed by atoms with Crippen LogP contribution in [0.5, 0.6) is 0 Å². The van der Waals surface area contributed by atoms with Gasteiger partial charge in [-0.05, 0) is 31.9 Å². The first kappa shape index (κ1) is 16.9. The number of carbonyl (C=O) groups excluding carboxylic acids is 2. The topological polar surface area (TPSA) is 83.1 Å². The Bertz CT molecular complexity index is 488. The number of nitrogens with zero attached hydrogens (tertiary/aromatic N) is 1. The minimum atomic E-state index is -0.596. The lowest BCUT2D eigenvalue weighted by molar-refractivity contribution is -0.122. The molecule has 0 aliphatic rings. The van der Waals surface area contributed by atoms with Crippen LogP contribution in [0.1, 0.15) is 38.2 Å². The Morgan fingerprint density at radius 2 is 1.95 bits per heavy atom. The van der Waals surface area contributed by atoms with Gasteiger partial charge in [0, 0.05) is 13.1 Å². The fraction of sp³-hybridized carbons (Fsp3) is 0.533. The van der Waals surface area contributed by atoms with Crippen LogP contribution >= 0.6 is 0 Å². The summed E-state index contributed by atoms with van der Waals surface area (Å²) in [5, 5.41) is 8.47. The van der Waals surface area contributed by atoms with Gasteiger partial charge in [-0.3, -0.25) is 9.59 Å². The highest BCUT2D eigenvalue weighted by Gasteiger charge is 2.17. The zero-order chi connectivity index (χ0) is 15.8. The quantitative estimate of drug-likeness (QED) is 0.709. The predicted molar refractivity (Wildman–Crippen MR) is 83.2 cm³/mol. The number of anilines is 1. The smallest absolute Gasteiger partial charge is 0.270 e. The van der Waals surface area contributed by atoms with E-state index < -0.39 is 6.04 Å². The van der Waals surface area contributed by atoms with Gasteiger partial charge in [0.1, 0.15) is 17.6 Å². The number of hydrogen-bond donors (Lipinski definition) is 3. The van der Waals surface area contributed by atoms with E-state index in [-0.39, 0.29) is 17.5 Å². The van der Waals surface area contributed by atoms with E-state index in [2.05, 4.69) is 20.9 Å². The summed E-state index contributed by atoms with van der Waals surface area (Å²) in [4.78, 5) is 28.1. The van der Waals surface area contributed by atoms with Crippen LogP contribution in [-0.4, -0.2) is 35.9 Å². The summed E-state index contributed by atoms with van der Waals surface area (Å²) in [6.07, 6.45) is 0. The van der Waals surface area contributed by atoms with Crippen LogP contribution in [0.3, 0.4) is 0 Å². The number of amides is 2. The Morgan fingerprint density at radius 1 is 1.24 bits per heavy atom. The number of aromatic nitrogens is 1. The molecule has 0 aromatic carbocycles. The van der Waals surface area contributed by atoms with Gasteiger partial charge in [-0.25, -0.2) is 4.98 Å². The molecule has 21 heavy (non-hydrogen) atoms. The number of pyridine rings is 1. The van der Waals surface area contributed by atoms with Crippen molar-refractivity contribution in [3.63, 3.8) is 0 Å². The zero-order valence-electron chi connectivity index (χ0n) is 13.1. The maximum absolute atomic E-state index is 12.1. The molecule has 6 nitrogen and oxygen atoms in total. The van der Waals surface area contributed by atoms with Crippen LogP contribution in [0.15, 0.2) is 18.2 Å². The summed E-state index contributed by atoms with van der Waals surface area (Å²) in [7, 11) is 0. The molecule has 6 heteroatoms. The van der Waals surface area contributed by atoms with Gasteiger partial charge in [0.2, 0.25) is 5.91 Å². The van der Waals surface area contributed by atoms with E-state index in [0.717, 1.165) is 6.54 Å². The third-order valence-corrected chi connectivity index (χ3v) is 2.77. The largest absolute Gasteiger partial charge is 0.370 e. The Kier molecular flexibility index (Phi) is 6.65. The molecule has 1 aromatic heterocycles. The number of nitrogens with one attached hydrogen (secondary N) is 3. The lowest BCUT2D eigenvalue weighted by Gasteiger charge is -2.15. The van der Waals surface area contributed by atoms with Crippen molar-refractivity contribution in [3.8, 4) is 0 Å². The molecule has 0 aliphatic carbocycles. The molecule has 0 saturated carbocycles. The highest BCUT2D eigenvalue weighted by atomic mass is 16.2. The monoisotopic (exact) mass is 292 g/mol. The van der Waals surface area contributed by atoms with E-state index in [1.54, 1.807) is 25.1 Å². The fourth-order valence-electron chi connectivity index (χ4n) is 1.63. The minimum Gasteiger partial charge on any atom is -0.370 e. The maximum Gasteiger partial charge on any atom is 0.270 e. The molecule has 1 rings (SSSR count). The van der Waals surface area contributed by atoms with Gasteiger partial charge in [-0.1, -0.05) is 19.9 Å². The molecule has 1 atom stereocenters. The van der Waals surface area contributed by atoms with Crippen molar-refractivity contribution in [1.29, 1.82) is 0 Å². The Hall–Kier alpha value is -2.11. The van der Waals surface area contributed by atoms with Crippen LogP contribution in [-0.2, 0) is 4.79 Å². The van der Waals surface area contributed by atoms with Crippen molar-refractivity contribution in [2.24, 2.45) is 5.92 Å². The van der Waals surface area contributed by atoms with Gasteiger partial charge < -0.3 is 16.0 Å². The molecule has 1 aromatic rings. The Labute approximate surface area is 125 Å². The molecule has 2 amide bonds. The lowest BCUT2D eigenvalue weighted by Crippen LogP contribution is -2.45. The average molecular weight is 292 g/mol. The van der Waals surface area contributed by atoms with Crippen molar-refractivity contribution < 1.29 is 9.59 Å². The second-order valence-corrected chi connectivity index (χ2v) is 5.27. The third kappa shape index (κ3) is 5.81. The summed E-state index contributed by atoms with van der Waals surface area (Å²) in [6.45, 7) is 8.95. The highest BCUT2D eigenvalue weighted by molar-refractivity contribution is 5.96. The van der Waals surface area contributed by atoms with E-state index in [0.29, 0.717) is 18.3 Å². The minimum absolute atomic E-state index is 0.195. The summed E-state index contributed by atoms with van der Waals surface area (Å²) in [6, 6.07) is 4.57. The molecule has 3 N–H and O–H groups in total. The van der Waals surface area contributed by atoms with E-state index in [9.17, 15) is 9.59 Å². The molecule has 0 aliphatic heterocycles. The summed E-state index contributed by atoms with van der Waals surface area (Å²) in [5.74, 6) is 0.458. The SMILES string of the molecule is CCNc1cccc(C(=O)NC(C)C(=O)NCC(C)C)n1. The van der Waals surface area contributed by atoms with Gasteiger partial charge in [-0.15, -0.1) is 0 Å². The van der Waals surface area contributed by atoms with E-state index >= 15 is 0 Å². The standard InChI is InChI=1S/C15H24N4O2/c1-5-16-13-8-6-7-12(19-13)15(21)18-11(4)14(20)17-9-10(2)3/h6-8,10-11H,5,9H2,1-4H3,(H,16,19)(H,17,20)(H,18,21). The average Bonchev–Trinajstić information content (AvgIpc) is 2.45. The fourth-order valence-corrected chi connectivity index (χ4v) is 1.63. The first-order chi connectivity index (χ1) is 9.93. The van der Waals surface area contributed by atoms with E-state index in [1.807, 2.05) is 20.8 Å². The second-order valence-electron chi connectivity index (χ2n) is 5.27. The molecule has 116 valence electrons. The summed E-state index contributed by atoms with van der Waals surface area (Å²) >= 11 is 0. The van der Waals surface area contributed by atoms with Gasteiger partial charge >= 0.3 is 0 Å². The third-order valence-electron chi connectivity index (χ3n) is 2.77. The first-order valence-electron chi connectivity index (χ1n) is 7.23. The van der Waals surface area contributed by atoms with Crippen molar-refractivity contribution >= 4 is 17.6 Å². The number of carbonyl (C=O) groups is 2. The van der Waals surface area contributed by atoms with E-state index in [1.165, 1.54) is 0 Å². The zero-order valence-corrected chi connectivity index (χ0v) is 13.1. The van der Waals surface area contributed by atoms with Crippen molar-refractivity contribution in [3.05, 3.63) is 23.9 Å². The molecule has 1 heterocycles. The van der Waals surface area contributed by atoms with Crippen LogP contribution in [0.2, 0.25) is 0 Å². The lowest BCUT2D eigenvalue weighted by atomic mass is 10.2. The molecule has 0 bridgehead atoms. The molecule has 0 fully saturated rings. The predicted octanol–water partition coefficient (Wildman–Crippen LogP) is 1.40. The Balaban J connectivity index is 2.59. The summed E-state index contributed by atoms with van der Waals surface area (Å²) < 4.78 is 0.